The molecule has 6 nitrogen and oxygen atoms in total. The van der Waals surface area contributed by atoms with E-state index < -0.39 is 0 Å². The number of anilines is 1. The fraction of sp³-hybridized carbons (Fsp3) is 0.292. The average molecular weight is 405 g/mol. The van der Waals surface area contributed by atoms with Crippen molar-refractivity contribution in [1.29, 1.82) is 0 Å². The number of nitrogens with zero attached hydrogens (tertiary/aromatic N) is 3. The predicted molar refractivity (Wildman–Crippen MR) is 121 cm³/mol. The predicted octanol–water partition coefficient (Wildman–Crippen LogP) is 5.04. The first-order chi connectivity index (χ1) is 14.6. The van der Waals surface area contributed by atoms with Crippen molar-refractivity contribution in [3.63, 3.8) is 0 Å². The van der Waals surface area contributed by atoms with E-state index in [0.717, 1.165) is 37.1 Å². The Morgan fingerprint density at radius 1 is 1.07 bits per heavy atom. The molecule has 0 bridgehead atoms. The van der Waals surface area contributed by atoms with E-state index in [1.165, 1.54) is 5.69 Å². The van der Waals surface area contributed by atoms with Gasteiger partial charge in [-0.3, -0.25) is 4.79 Å². The van der Waals surface area contributed by atoms with Gasteiger partial charge in [-0.15, -0.1) is 0 Å². The van der Waals surface area contributed by atoms with E-state index in [-0.39, 0.29) is 5.91 Å². The van der Waals surface area contributed by atoms with E-state index in [9.17, 15) is 4.79 Å². The second-order valence-electron chi connectivity index (χ2n) is 7.11. The molecule has 1 aromatic heterocycles. The molecule has 0 saturated carbocycles. The smallest absolute Gasteiger partial charge is 0.277 e. The Morgan fingerprint density at radius 3 is 2.37 bits per heavy atom. The zero-order chi connectivity index (χ0) is 21.3. The highest BCUT2D eigenvalue weighted by Crippen LogP contribution is 2.24. The summed E-state index contributed by atoms with van der Waals surface area (Å²) in [5.74, 6) is 0.107. The zero-order valence-electron chi connectivity index (χ0n) is 17.8. The van der Waals surface area contributed by atoms with Crippen molar-refractivity contribution in [2.45, 2.75) is 33.6 Å². The van der Waals surface area contributed by atoms with Crippen molar-refractivity contribution in [2.24, 2.45) is 5.10 Å². The molecule has 30 heavy (non-hydrogen) atoms. The number of nitrogens with one attached hydrogen (secondary N) is 1. The van der Waals surface area contributed by atoms with Crippen molar-refractivity contribution in [1.82, 2.24) is 10.6 Å². The summed E-state index contributed by atoms with van der Waals surface area (Å²) in [6.07, 6.45) is 3.86. The molecule has 0 saturated heterocycles. The average Bonchev–Trinajstić information content (AvgIpc) is 3.16. The zero-order valence-corrected chi connectivity index (χ0v) is 17.8. The fourth-order valence-corrected chi connectivity index (χ4v) is 3.33. The summed E-state index contributed by atoms with van der Waals surface area (Å²) in [4.78, 5) is 15.0. The van der Waals surface area contributed by atoms with Crippen molar-refractivity contribution < 1.29 is 9.32 Å². The largest absolute Gasteiger partial charge is 0.372 e. The number of carbonyl (C=O) groups is 1. The van der Waals surface area contributed by atoms with Crippen LogP contribution in [0.1, 0.15) is 48.4 Å². The molecule has 3 rings (SSSR count). The van der Waals surface area contributed by atoms with Gasteiger partial charge in [0, 0.05) is 24.3 Å². The molecule has 0 fully saturated rings. The van der Waals surface area contributed by atoms with Gasteiger partial charge in [0.1, 0.15) is 17.0 Å². The van der Waals surface area contributed by atoms with E-state index in [1.54, 1.807) is 13.1 Å². The molecule has 0 atom stereocenters. The van der Waals surface area contributed by atoms with Crippen LogP contribution in [0, 0.1) is 6.92 Å². The van der Waals surface area contributed by atoms with Gasteiger partial charge in [0.15, 0.2) is 0 Å². The number of aromatic nitrogens is 1. The van der Waals surface area contributed by atoms with Crippen LogP contribution in [-0.4, -0.2) is 30.4 Å². The van der Waals surface area contributed by atoms with E-state index in [2.05, 4.69) is 46.6 Å². The number of hydrazone groups is 1. The molecule has 0 aliphatic heterocycles. The van der Waals surface area contributed by atoms with Crippen molar-refractivity contribution in [2.75, 3.05) is 18.0 Å². The maximum atomic E-state index is 12.7. The lowest BCUT2D eigenvalue weighted by atomic mass is 10.1. The fourth-order valence-electron chi connectivity index (χ4n) is 3.33. The standard InChI is InChI=1S/C24H28N4O2/c1-4-15-28(16-5-2)21-13-11-19(12-14-21)17-25-26-24(29)22-18(3)30-27-23(22)20-9-7-6-8-10-20/h6-14,17H,4-5,15-16H2,1-3H3,(H,26,29). The SMILES string of the molecule is CCCN(CCC)c1ccc(C=NNC(=O)c2c(-c3ccccc3)noc2C)cc1. The Hall–Kier alpha value is -3.41. The number of benzene rings is 2. The van der Waals surface area contributed by atoms with Gasteiger partial charge in [-0.25, -0.2) is 5.43 Å². The molecule has 0 aliphatic rings. The molecular formula is C24H28N4O2. The maximum absolute atomic E-state index is 12.7. The van der Waals surface area contributed by atoms with Crippen LogP contribution in [0.15, 0.2) is 64.2 Å². The van der Waals surface area contributed by atoms with Gasteiger partial charge in [0.25, 0.3) is 5.91 Å². The van der Waals surface area contributed by atoms with Crippen molar-refractivity contribution in [3.8, 4) is 11.3 Å². The van der Waals surface area contributed by atoms with Crippen LogP contribution in [0.2, 0.25) is 0 Å². The Balaban J connectivity index is 1.68. The van der Waals surface area contributed by atoms with Gasteiger partial charge in [0.2, 0.25) is 0 Å². The topological polar surface area (TPSA) is 70.7 Å². The van der Waals surface area contributed by atoms with Crippen LogP contribution in [0.3, 0.4) is 0 Å². The van der Waals surface area contributed by atoms with E-state index in [4.69, 9.17) is 4.52 Å². The molecule has 0 unspecified atom stereocenters. The minimum Gasteiger partial charge on any atom is -0.372 e. The molecule has 0 spiro atoms. The van der Waals surface area contributed by atoms with E-state index >= 15 is 0 Å². The van der Waals surface area contributed by atoms with Crippen LogP contribution < -0.4 is 10.3 Å². The van der Waals surface area contributed by atoms with E-state index in [0.29, 0.717) is 17.0 Å². The number of rotatable bonds is 9. The number of hydrogen-bond acceptors (Lipinski definition) is 5. The Morgan fingerprint density at radius 2 is 1.73 bits per heavy atom. The lowest BCUT2D eigenvalue weighted by Gasteiger charge is -2.23. The summed E-state index contributed by atoms with van der Waals surface area (Å²) in [7, 11) is 0. The Kier molecular flexibility index (Phi) is 7.38. The third-order valence-corrected chi connectivity index (χ3v) is 4.76. The molecule has 156 valence electrons. The number of amides is 1. The molecule has 1 heterocycles. The van der Waals surface area contributed by atoms with Gasteiger partial charge in [-0.05, 0) is 37.5 Å². The van der Waals surface area contributed by atoms with Crippen LogP contribution in [-0.2, 0) is 0 Å². The lowest BCUT2D eigenvalue weighted by molar-refractivity contribution is 0.0954. The maximum Gasteiger partial charge on any atom is 0.277 e. The van der Waals surface area contributed by atoms with Gasteiger partial charge >= 0.3 is 0 Å². The van der Waals surface area contributed by atoms with Gasteiger partial charge < -0.3 is 9.42 Å². The summed E-state index contributed by atoms with van der Waals surface area (Å²) in [5, 5.41) is 8.15. The van der Waals surface area contributed by atoms with Crippen LogP contribution in [0.4, 0.5) is 5.69 Å². The normalized spacial score (nSPS) is 11.0. The summed E-state index contributed by atoms with van der Waals surface area (Å²) in [6, 6.07) is 17.7. The molecule has 2 aromatic carbocycles. The second-order valence-corrected chi connectivity index (χ2v) is 7.11. The molecule has 6 heteroatoms. The third-order valence-electron chi connectivity index (χ3n) is 4.76. The Labute approximate surface area is 177 Å². The molecule has 0 aliphatic carbocycles. The van der Waals surface area contributed by atoms with Crippen LogP contribution in [0.25, 0.3) is 11.3 Å². The molecule has 1 amide bonds. The lowest BCUT2D eigenvalue weighted by Crippen LogP contribution is -2.24. The molecule has 0 radical (unpaired) electrons. The molecular weight excluding hydrogens is 376 g/mol. The van der Waals surface area contributed by atoms with Crippen LogP contribution in [0.5, 0.6) is 0 Å². The first kappa shape index (κ1) is 21.3. The van der Waals surface area contributed by atoms with E-state index in [1.807, 2.05) is 42.5 Å². The monoisotopic (exact) mass is 404 g/mol. The number of hydrogen-bond donors (Lipinski definition) is 1. The van der Waals surface area contributed by atoms with Gasteiger partial charge in [-0.2, -0.15) is 5.10 Å². The summed E-state index contributed by atoms with van der Waals surface area (Å²) in [5.41, 5.74) is 6.42. The highest BCUT2D eigenvalue weighted by Gasteiger charge is 2.21. The first-order valence-corrected chi connectivity index (χ1v) is 10.3. The minimum atomic E-state index is -0.350. The quantitative estimate of drug-likeness (QED) is 0.401. The minimum absolute atomic E-state index is 0.350. The summed E-state index contributed by atoms with van der Waals surface area (Å²) < 4.78 is 5.24. The molecule has 3 aromatic rings. The van der Waals surface area contributed by atoms with Crippen molar-refractivity contribution >= 4 is 17.8 Å². The third kappa shape index (κ3) is 5.14. The Bertz CT molecular complexity index is 972. The summed E-state index contributed by atoms with van der Waals surface area (Å²) in [6.45, 7) is 8.17. The first-order valence-electron chi connectivity index (χ1n) is 10.3. The summed E-state index contributed by atoms with van der Waals surface area (Å²) >= 11 is 0. The van der Waals surface area contributed by atoms with Gasteiger partial charge in [-0.1, -0.05) is 61.5 Å². The highest BCUT2D eigenvalue weighted by molar-refractivity contribution is 6.01. The number of carbonyl (C=O) groups excluding carboxylic acids is 1. The van der Waals surface area contributed by atoms with Crippen molar-refractivity contribution in [3.05, 3.63) is 71.5 Å². The molecule has 1 N–H and O–H groups in total. The highest BCUT2D eigenvalue weighted by atomic mass is 16.5. The van der Waals surface area contributed by atoms with Gasteiger partial charge in [0.05, 0.1) is 6.21 Å². The second kappa shape index (κ2) is 10.4. The number of aryl methyl sites for hydroxylation is 1. The van der Waals surface area contributed by atoms with Crippen LogP contribution >= 0.6 is 0 Å².